The predicted octanol–water partition coefficient (Wildman–Crippen LogP) is 1.33. The van der Waals surface area contributed by atoms with Crippen LogP contribution in [0.25, 0.3) is 0 Å². The zero-order chi connectivity index (χ0) is 13.1. The molecular formula is C11H12N2O4S. The molecule has 0 aromatic carbocycles. The quantitative estimate of drug-likeness (QED) is 0.760. The second-order valence-electron chi connectivity index (χ2n) is 3.77. The van der Waals surface area contributed by atoms with Crippen LogP contribution in [0.1, 0.15) is 27.6 Å². The molecule has 0 radical (unpaired) electrons. The number of carboxylic acids is 1. The molecule has 0 unspecified atom stereocenters. The van der Waals surface area contributed by atoms with E-state index in [2.05, 4.69) is 10.3 Å². The first-order chi connectivity index (χ1) is 8.56. The Morgan fingerprint density at radius 1 is 1.56 bits per heavy atom. The number of thiazole rings is 1. The van der Waals surface area contributed by atoms with Crippen LogP contribution in [0.3, 0.4) is 0 Å². The molecule has 0 aliphatic carbocycles. The van der Waals surface area contributed by atoms with E-state index in [4.69, 9.17) is 9.52 Å². The summed E-state index contributed by atoms with van der Waals surface area (Å²) in [4.78, 5) is 24.2. The van der Waals surface area contributed by atoms with Gasteiger partial charge >= 0.3 is 10.8 Å². The summed E-state index contributed by atoms with van der Waals surface area (Å²) in [5, 5.41) is 13.6. The van der Waals surface area contributed by atoms with E-state index >= 15 is 0 Å². The molecule has 0 amide bonds. The number of hydrogen-bond acceptors (Lipinski definition) is 5. The van der Waals surface area contributed by atoms with Gasteiger partial charge in [0.05, 0.1) is 0 Å². The van der Waals surface area contributed by atoms with Crippen molar-refractivity contribution < 1.29 is 14.3 Å². The van der Waals surface area contributed by atoms with Crippen LogP contribution in [0.5, 0.6) is 0 Å². The molecule has 0 aliphatic heterocycles. The van der Waals surface area contributed by atoms with E-state index in [0.29, 0.717) is 18.8 Å². The molecule has 2 rings (SSSR count). The van der Waals surface area contributed by atoms with Crippen LogP contribution < -0.4 is 10.2 Å². The Morgan fingerprint density at radius 2 is 2.33 bits per heavy atom. The maximum absolute atomic E-state index is 10.9. The molecule has 96 valence electrons. The van der Waals surface area contributed by atoms with Gasteiger partial charge in [-0.25, -0.2) is 4.79 Å². The highest BCUT2D eigenvalue weighted by molar-refractivity contribution is 7.07. The number of aromatic amines is 1. The number of hydrogen-bond donors (Lipinski definition) is 3. The first-order valence-electron chi connectivity index (χ1n) is 5.26. The Labute approximate surface area is 106 Å². The normalized spacial score (nSPS) is 10.7. The molecular weight excluding hydrogens is 256 g/mol. The zero-order valence-corrected chi connectivity index (χ0v) is 10.5. The smallest absolute Gasteiger partial charge is 0.371 e. The summed E-state index contributed by atoms with van der Waals surface area (Å²) < 4.78 is 5.09. The van der Waals surface area contributed by atoms with Crippen molar-refractivity contribution >= 4 is 17.3 Å². The second kappa shape index (κ2) is 5.19. The number of rotatable bonds is 5. The van der Waals surface area contributed by atoms with Gasteiger partial charge in [-0.15, -0.1) is 0 Å². The Balaban J connectivity index is 1.94. The number of carbonyl (C=O) groups is 1. The van der Waals surface area contributed by atoms with Crippen molar-refractivity contribution in [1.82, 2.24) is 10.3 Å². The third-order valence-corrected chi connectivity index (χ3v) is 3.15. The Kier molecular flexibility index (Phi) is 3.63. The summed E-state index contributed by atoms with van der Waals surface area (Å²) in [6.45, 7) is 2.72. The lowest BCUT2D eigenvalue weighted by atomic mass is 10.2. The summed E-state index contributed by atoms with van der Waals surface area (Å²) in [6.07, 6.45) is 0. The minimum atomic E-state index is -1.08. The molecule has 6 nitrogen and oxygen atoms in total. The number of carboxylic acid groups (broad SMARTS) is 1. The molecule has 3 N–H and O–H groups in total. The fourth-order valence-electron chi connectivity index (χ4n) is 1.53. The van der Waals surface area contributed by atoms with Crippen molar-refractivity contribution in [3.63, 3.8) is 0 Å². The van der Waals surface area contributed by atoms with E-state index < -0.39 is 5.97 Å². The molecule has 7 heteroatoms. The van der Waals surface area contributed by atoms with Crippen LogP contribution in [0, 0.1) is 6.92 Å². The minimum Gasteiger partial charge on any atom is -0.475 e. The fourth-order valence-corrected chi connectivity index (χ4v) is 2.11. The third-order valence-electron chi connectivity index (χ3n) is 2.43. The van der Waals surface area contributed by atoms with Gasteiger partial charge in [-0.05, 0) is 13.0 Å². The van der Waals surface area contributed by atoms with E-state index in [1.165, 1.54) is 6.07 Å². The van der Waals surface area contributed by atoms with E-state index in [9.17, 15) is 9.59 Å². The van der Waals surface area contributed by atoms with Crippen LogP contribution in [-0.2, 0) is 13.1 Å². The highest BCUT2D eigenvalue weighted by atomic mass is 32.1. The summed E-state index contributed by atoms with van der Waals surface area (Å²) in [6, 6.07) is 1.50. The average molecular weight is 268 g/mol. The molecule has 0 saturated heterocycles. The largest absolute Gasteiger partial charge is 0.475 e. The molecule has 0 aliphatic rings. The van der Waals surface area contributed by atoms with Gasteiger partial charge in [0, 0.05) is 29.7 Å². The van der Waals surface area contributed by atoms with Crippen molar-refractivity contribution in [2.45, 2.75) is 20.0 Å². The summed E-state index contributed by atoms with van der Waals surface area (Å²) >= 11 is 1.11. The highest BCUT2D eigenvalue weighted by Gasteiger charge is 2.12. The number of nitrogens with one attached hydrogen (secondary N) is 2. The average Bonchev–Trinajstić information content (AvgIpc) is 2.87. The fraction of sp³-hybridized carbons (Fsp3) is 0.273. The number of furan rings is 1. The topological polar surface area (TPSA) is 95.3 Å². The molecule has 18 heavy (non-hydrogen) atoms. The van der Waals surface area contributed by atoms with E-state index in [0.717, 1.165) is 22.6 Å². The first-order valence-corrected chi connectivity index (χ1v) is 6.14. The van der Waals surface area contributed by atoms with Crippen LogP contribution in [0.15, 0.2) is 20.7 Å². The lowest BCUT2D eigenvalue weighted by molar-refractivity contribution is 0.0661. The molecule has 0 fully saturated rings. The van der Waals surface area contributed by atoms with Crippen molar-refractivity contribution in [3.8, 4) is 0 Å². The third kappa shape index (κ3) is 2.88. The molecule has 2 heterocycles. The second-order valence-corrected chi connectivity index (χ2v) is 4.62. The highest BCUT2D eigenvalue weighted by Crippen LogP contribution is 2.14. The van der Waals surface area contributed by atoms with Gasteiger partial charge in [0.2, 0.25) is 5.76 Å². The van der Waals surface area contributed by atoms with Crippen LogP contribution in [-0.4, -0.2) is 16.1 Å². The molecule has 0 saturated carbocycles. The molecule has 2 aromatic rings. The molecule has 0 bridgehead atoms. The van der Waals surface area contributed by atoms with Gasteiger partial charge in [-0.3, -0.25) is 4.79 Å². The van der Waals surface area contributed by atoms with Crippen molar-refractivity contribution in [2.75, 3.05) is 0 Å². The summed E-state index contributed by atoms with van der Waals surface area (Å²) in [5.41, 5.74) is 1.61. The van der Waals surface area contributed by atoms with E-state index in [-0.39, 0.29) is 10.6 Å². The van der Waals surface area contributed by atoms with Gasteiger partial charge in [-0.2, -0.15) is 0 Å². The van der Waals surface area contributed by atoms with Crippen molar-refractivity contribution in [1.29, 1.82) is 0 Å². The van der Waals surface area contributed by atoms with Gasteiger partial charge in [0.15, 0.2) is 0 Å². The van der Waals surface area contributed by atoms with Gasteiger partial charge in [0.25, 0.3) is 0 Å². The van der Waals surface area contributed by atoms with Gasteiger partial charge in [-0.1, -0.05) is 11.3 Å². The molecule has 0 spiro atoms. The van der Waals surface area contributed by atoms with Crippen molar-refractivity contribution in [3.05, 3.63) is 43.9 Å². The maximum atomic E-state index is 10.9. The van der Waals surface area contributed by atoms with Gasteiger partial charge in [0.1, 0.15) is 5.76 Å². The summed E-state index contributed by atoms with van der Waals surface area (Å²) in [5.74, 6) is -0.557. The number of aryl methyl sites for hydroxylation is 1. The predicted molar refractivity (Wildman–Crippen MR) is 65.9 cm³/mol. The first kappa shape index (κ1) is 12.6. The molecule has 2 aromatic heterocycles. The van der Waals surface area contributed by atoms with E-state index in [1.807, 2.05) is 0 Å². The van der Waals surface area contributed by atoms with E-state index in [1.54, 1.807) is 12.3 Å². The Morgan fingerprint density at radius 3 is 2.89 bits per heavy atom. The van der Waals surface area contributed by atoms with Crippen LogP contribution in [0.2, 0.25) is 0 Å². The SMILES string of the molecule is Cc1oc(C(=O)O)cc1CNCc1csc(=O)[nH]1. The number of aromatic carboxylic acids is 1. The lowest BCUT2D eigenvalue weighted by Gasteiger charge is -2.01. The van der Waals surface area contributed by atoms with Gasteiger partial charge < -0.3 is 19.8 Å². The minimum absolute atomic E-state index is 0.0618. The van der Waals surface area contributed by atoms with Crippen LogP contribution >= 0.6 is 11.3 Å². The van der Waals surface area contributed by atoms with Crippen molar-refractivity contribution in [2.24, 2.45) is 0 Å². The number of aromatic nitrogens is 1. The standard InChI is InChI=1S/C11H12N2O4S/c1-6-7(2-9(17-6)10(14)15)3-12-4-8-5-18-11(16)13-8/h2,5,12H,3-4H2,1H3,(H,13,16)(H,14,15). The number of H-pyrrole nitrogens is 1. The Hall–Kier alpha value is -1.86. The summed E-state index contributed by atoms with van der Waals surface area (Å²) in [7, 11) is 0. The monoisotopic (exact) mass is 268 g/mol. The molecule has 0 atom stereocenters. The Bertz CT molecular complexity index is 611. The zero-order valence-electron chi connectivity index (χ0n) is 9.65. The van der Waals surface area contributed by atoms with Crippen LogP contribution in [0.4, 0.5) is 0 Å². The lowest BCUT2D eigenvalue weighted by Crippen LogP contribution is -2.13. The maximum Gasteiger partial charge on any atom is 0.371 e.